The third-order valence-electron chi connectivity index (χ3n) is 3.12. The second kappa shape index (κ2) is 5.00. The Morgan fingerprint density at radius 1 is 1.10 bits per heavy atom. The Morgan fingerprint density at radius 2 is 1.90 bits per heavy atom. The van der Waals surface area contributed by atoms with Crippen molar-refractivity contribution >= 4 is 26.9 Å². The third-order valence-corrected chi connectivity index (χ3v) is 3.96. The highest BCUT2D eigenvalue weighted by Gasteiger charge is 2.18. The summed E-state index contributed by atoms with van der Waals surface area (Å²) in [7, 11) is 0. The highest BCUT2D eigenvalue weighted by molar-refractivity contribution is 9.10. The average molecular weight is 338 g/mol. The van der Waals surface area contributed by atoms with Gasteiger partial charge in [-0.05, 0) is 51.8 Å². The Balaban J connectivity index is 2.08. The molecule has 1 aromatic heterocycles. The van der Waals surface area contributed by atoms with E-state index in [1.807, 2.05) is 0 Å². The van der Waals surface area contributed by atoms with Crippen molar-refractivity contribution < 1.29 is 13.2 Å². The second-order valence-corrected chi connectivity index (χ2v) is 5.24. The predicted molar refractivity (Wildman–Crippen MR) is 76.3 cm³/mol. The van der Waals surface area contributed by atoms with Crippen LogP contribution >= 0.6 is 15.9 Å². The van der Waals surface area contributed by atoms with E-state index in [0.717, 1.165) is 0 Å². The molecule has 0 bridgehead atoms. The smallest absolute Gasteiger partial charge is 0.137 e. The van der Waals surface area contributed by atoms with Crippen LogP contribution in [0.4, 0.5) is 8.78 Å². The molecular formula is C15H10BrF2NO. The van der Waals surface area contributed by atoms with Crippen LogP contribution in [0.5, 0.6) is 0 Å². The molecule has 0 aliphatic rings. The zero-order valence-electron chi connectivity index (χ0n) is 10.2. The van der Waals surface area contributed by atoms with Crippen LogP contribution in [0, 0.1) is 11.6 Å². The Hall–Kier alpha value is -1.72. The van der Waals surface area contributed by atoms with Gasteiger partial charge in [-0.1, -0.05) is 12.1 Å². The minimum Gasteiger partial charge on any atom is -0.459 e. The van der Waals surface area contributed by atoms with Crippen LogP contribution in [0.3, 0.4) is 0 Å². The van der Waals surface area contributed by atoms with Crippen LogP contribution < -0.4 is 5.73 Å². The Kier molecular flexibility index (Phi) is 3.31. The van der Waals surface area contributed by atoms with E-state index >= 15 is 0 Å². The maximum atomic E-state index is 13.5. The van der Waals surface area contributed by atoms with Crippen LogP contribution in [-0.2, 0) is 0 Å². The summed E-state index contributed by atoms with van der Waals surface area (Å²) < 4.78 is 32.6. The zero-order chi connectivity index (χ0) is 14.3. The van der Waals surface area contributed by atoms with Gasteiger partial charge in [0.25, 0.3) is 0 Å². The standard InChI is InChI=1S/C15H10BrF2NO/c16-14-10(2-1-3-11(14)18)15(19)13-7-8-6-9(17)4-5-12(8)20-13/h1-7,15H,19H2. The molecule has 0 saturated heterocycles. The molecule has 1 heterocycles. The Labute approximate surface area is 122 Å². The molecule has 3 rings (SSSR count). The number of benzene rings is 2. The predicted octanol–water partition coefficient (Wildman–Crippen LogP) is 4.52. The molecule has 0 aliphatic heterocycles. The van der Waals surface area contributed by atoms with Crippen molar-refractivity contribution in [2.24, 2.45) is 5.73 Å². The molecule has 2 aromatic carbocycles. The average Bonchev–Trinajstić information content (AvgIpc) is 2.84. The molecular weight excluding hydrogens is 328 g/mol. The molecule has 3 aromatic rings. The van der Waals surface area contributed by atoms with Gasteiger partial charge >= 0.3 is 0 Å². The van der Waals surface area contributed by atoms with Crippen LogP contribution in [0.1, 0.15) is 17.4 Å². The summed E-state index contributed by atoms with van der Waals surface area (Å²) >= 11 is 3.18. The van der Waals surface area contributed by atoms with E-state index in [4.69, 9.17) is 10.2 Å². The van der Waals surface area contributed by atoms with Crippen molar-refractivity contribution in [3.05, 3.63) is 69.9 Å². The number of hydrogen-bond acceptors (Lipinski definition) is 2. The number of hydrogen-bond donors (Lipinski definition) is 1. The molecule has 0 radical (unpaired) electrons. The number of nitrogens with two attached hydrogens (primary N) is 1. The maximum Gasteiger partial charge on any atom is 0.137 e. The van der Waals surface area contributed by atoms with Crippen LogP contribution in [-0.4, -0.2) is 0 Å². The Morgan fingerprint density at radius 3 is 2.70 bits per heavy atom. The fraction of sp³-hybridized carbons (Fsp3) is 0.0667. The van der Waals surface area contributed by atoms with Gasteiger partial charge in [-0.25, -0.2) is 8.78 Å². The molecule has 1 atom stereocenters. The van der Waals surface area contributed by atoms with Gasteiger partial charge in [-0.3, -0.25) is 0 Å². The number of rotatable bonds is 2. The van der Waals surface area contributed by atoms with E-state index in [-0.39, 0.29) is 11.6 Å². The van der Waals surface area contributed by atoms with E-state index in [9.17, 15) is 8.78 Å². The van der Waals surface area contributed by atoms with Crippen molar-refractivity contribution in [3.63, 3.8) is 0 Å². The van der Waals surface area contributed by atoms with Gasteiger partial charge in [0.05, 0.1) is 10.5 Å². The molecule has 5 heteroatoms. The fourth-order valence-electron chi connectivity index (χ4n) is 2.10. The van der Waals surface area contributed by atoms with Crippen LogP contribution in [0.2, 0.25) is 0 Å². The fourth-order valence-corrected chi connectivity index (χ4v) is 2.61. The SMILES string of the molecule is NC(c1cc2cc(F)ccc2o1)c1cccc(F)c1Br. The molecule has 1 unspecified atom stereocenters. The topological polar surface area (TPSA) is 39.2 Å². The first-order valence-electron chi connectivity index (χ1n) is 5.95. The van der Waals surface area contributed by atoms with Gasteiger partial charge in [-0.15, -0.1) is 0 Å². The van der Waals surface area contributed by atoms with Gasteiger partial charge in [0, 0.05) is 5.39 Å². The second-order valence-electron chi connectivity index (χ2n) is 4.45. The van der Waals surface area contributed by atoms with Crippen molar-refractivity contribution in [2.45, 2.75) is 6.04 Å². The first-order valence-corrected chi connectivity index (χ1v) is 6.74. The lowest BCUT2D eigenvalue weighted by molar-refractivity contribution is 0.521. The molecule has 2 nitrogen and oxygen atoms in total. The highest BCUT2D eigenvalue weighted by Crippen LogP contribution is 2.32. The van der Waals surface area contributed by atoms with Gasteiger partial charge in [0.15, 0.2) is 0 Å². The zero-order valence-corrected chi connectivity index (χ0v) is 11.8. The molecule has 0 fully saturated rings. The monoisotopic (exact) mass is 337 g/mol. The molecule has 0 saturated carbocycles. The summed E-state index contributed by atoms with van der Waals surface area (Å²) in [6, 6.07) is 9.91. The number of furan rings is 1. The first-order chi connectivity index (χ1) is 9.56. The molecule has 102 valence electrons. The number of halogens is 3. The normalized spacial score (nSPS) is 12.8. The largest absolute Gasteiger partial charge is 0.459 e. The summed E-state index contributed by atoms with van der Waals surface area (Å²) in [5.74, 6) is -0.276. The lowest BCUT2D eigenvalue weighted by Gasteiger charge is -2.11. The Bertz CT molecular complexity index is 785. The van der Waals surface area contributed by atoms with Gasteiger partial charge in [-0.2, -0.15) is 0 Å². The minimum absolute atomic E-state index is 0.305. The van der Waals surface area contributed by atoms with Crippen molar-refractivity contribution in [3.8, 4) is 0 Å². The van der Waals surface area contributed by atoms with Crippen molar-refractivity contribution in [1.82, 2.24) is 0 Å². The number of fused-ring (bicyclic) bond motifs is 1. The van der Waals surface area contributed by atoms with Gasteiger partial charge < -0.3 is 10.2 Å². The molecule has 0 amide bonds. The minimum atomic E-state index is -0.629. The lowest BCUT2D eigenvalue weighted by Crippen LogP contribution is -2.12. The molecule has 2 N–H and O–H groups in total. The summed E-state index contributed by atoms with van der Waals surface area (Å²) in [6.45, 7) is 0. The highest BCUT2D eigenvalue weighted by atomic mass is 79.9. The van der Waals surface area contributed by atoms with Gasteiger partial charge in [0.1, 0.15) is 23.0 Å². The maximum absolute atomic E-state index is 13.5. The van der Waals surface area contributed by atoms with Crippen molar-refractivity contribution in [1.29, 1.82) is 0 Å². The molecule has 0 aliphatic carbocycles. The third kappa shape index (κ3) is 2.23. The van der Waals surface area contributed by atoms with E-state index in [2.05, 4.69) is 15.9 Å². The lowest BCUT2D eigenvalue weighted by atomic mass is 10.1. The summed E-state index contributed by atoms with van der Waals surface area (Å²) in [5, 5.41) is 0.628. The molecule has 0 spiro atoms. The van der Waals surface area contributed by atoms with E-state index in [1.54, 1.807) is 24.3 Å². The van der Waals surface area contributed by atoms with E-state index in [0.29, 0.717) is 26.8 Å². The summed E-state index contributed by atoms with van der Waals surface area (Å²) in [4.78, 5) is 0. The summed E-state index contributed by atoms with van der Waals surface area (Å²) in [6.07, 6.45) is 0. The van der Waals surface area contributed by atoms with E-state index in [1.165, 1.54) is 18.2 Å². The quantitative estimate of drug-likeness (QED) is 0.746. The van der Waals surface area contributed by atoms with Crippen LogP contribution in [0.15, 0.2) is 51.4 Å². The first kappa shape index (κ1) is 13.3. The molecule has 20 heavy (non-hydrogen) atoms. The van der Waals surface area contributed by atoms with E-state index < -0.39 is 6.04 Å². The summed E-state index contributed by atoms with van der Waals surface area (Å²) in [5.41, 5.74) is 7.22. The van der Waals surface area contributed by atoms with Crippen molar-refractivity contribution in [2.75, 3.05) is 0 Å². The van der Waals surface area contributed by atoms with Gasteiger partial charge in [0.2, 0.25) is 0 Å². The van der Waals surface area contributed by atoms with Crippen LogP contribution in [0.25, 0.3) is 11.0 Å².